The van der Waals surface area contributed by atoms with Gasteiger partial charge in [-0.25, -0.2) is 0 Å². The number of H-pyrrole nitrogens is 1. The second kappa shape index (κ2) is 3.50. The first-order valence-corrected chi connectivity index (χ1v) is 4.51. The van der Waals surface area contributed by atoms with E-state index in [4.69, 9.17) is 0 Å². The fraction of sp³-hybridized carbons (Fsp3) is 0.0833. The van der Waals surface area contributed by atoms with Crippen LogP contribution in [0.1, 0.15) is 12.5 Å². The molecule has 1 heterocycles. The number of fused-ring (bicyclic) bond motifs is 1. The maximum atomic E-state index is 10.7. The Labute approximate surface area is 82.3 Å². The molecule has 0 bridgehead atoms. The minimum absolute atomic E-state index is 0.0687. The van der Waals surface area contributed by atoms with Crippen LogP contribution in [-0.4, -0.2) is 10.8 Å². The Balaban J connectivity index is 2.39. The molecular weight excluding hydrogens is 174 g/mol. The fourth-order valence-electron chi connectivity index (χ4n) is 1.39. The Morgan fingerprint density at radius 2 is 2.21 bits per heavy atom. The van der Waals surface area contributed by atoms with Gasteiger partial charge in [0.05, 0.1) is 0 Å². The van der Waals surface area contributed by atoms with Crippen LogP contribution in [0.15, 0.2) is 36.5 Å². The van der Waals surface area contributed by atoms with Crippen LogP contribution in [0.2, 0.25) is 0 Å². The molecular formula is C12H11NO. The van der Waals surface area contributed by atoms with Gasteiger partial charge < -0.3 is 4.98 Å². The summed E-state index contributed by atoms with van der Waals surface area (Å²) in [6.07, 6.45) is 5.31. The van der Waals surface area contributed by atoms with E-state index in [2.05, 4.69) is 4.98 Å². The number of aromatic nitrogens is 1. The summed E-state index contributed by atoms with van der Waals surface area (Å²) in [6.45, 7) is 1.55. The Bertz CT molecular complexity index is 494. The average Bonchev–Trinajstić information content (AvgIpc) is 2.61. The van der Waals surface area contributed by atoms with E-state index >= 15 is 0 Å². The molecule has 0 aliphatic carbocycles. The lowest BCUT2D eigenvalue weighted by atomic mass is 10.1. The highest BCUT2D eigenvalue weighted by Gasteiger charge is 1.94. The maximum absolute atomic E-state index is 10.7. The van der Waals surface area contributed by atoms with Crippen LogP contribution in [0, 0.1) is 0 Å². The van der Waals surface area contributed by atoms with Crippen molar-refractivity contribution < 1.29 is 4.79 Å². The molecule has 0 amide bonds. The number of nitrogens with one attached hydrogen (secondary N) is 1. The molecule has 0 saturated heterocycles. The van der Waals surface area contributed by atoms with E-state index in [1.807, 2.05) is 36.5 Å². The standard InChI is InChI=1S/C12H11NO/c1-9(14)2-3-10-4-5-12-11(8-10)6-7-13-12/h2-8,13H,1H3. The molecule has 0 aliphatic heterocycles. The molecule has 1 aromatic carbocycles. The van der Waals surface area contributed by atoms with Crippen molar-refractivity contribution in [3.8, 4) is 0 Å². The largest absolute Gasteiger partial charge is 0.361 e. The highest BCUT2D eigenvalue weighted by molar-refractivity contribution is 5.92. The summed E-state index contributed by atoms with van der Waals surface area (Å²) >= 11 is 0. The molecule has 2 nitrogen and oxygen atoms in total. The van der Waals surface area contributed by atoms with Crippen molar-refractivity contribution in [2.75, 3.05) is 0 Å². The Morgan fingerprint density at radius 1 is 1.36 bits per heavy atom. The summed E-state index contributed by atoms with van der Waals surface area (Å²) in [5.41, 5.74) is 2.16. The van der Waals surface area contributed by atoms with Gasteiger partial charge in [0, 0.05) is 11.7 Å². The molecule has 0 aliphatic rings. The summed E-state index contributed by atoms with van der Waals surface area (Å²) in [6, 6.07) is 8.05. The van der Waals surface area contributed by atoms with Crippen LogP contribution in [0.5, 0.6) is 0 Å². The number of carbonyl (C=O) groups is 1. The average molecular weight is 185 g/mol. The fourth-order valence-corrected chi connectivity index (χ4v) is 1.39. The van der Waals surface area contributed by atoms with E-state index in [0.29, 0.717) is 0 Å². The summed E-state index contributed by atoms with van der Waals surface area (Å²) in [5, 5.41) is 1.16. The molecule has 14 heavy (non-hydrogen) atoms. The number of allylic oxidation sites excluding steroid dienone is 1. The number of aromatic amines is 1. The van der Waals surface area contributed by atoms with Gasteiger partial charge in [-0.1, -0.05) is 12.1 Å². The molecule has 1 aromatic heterocycles. The lowest BCUT2D eigenvalue weighted by molar-refractivity contribution is -0.112. The topological polar surface area (TPSA) is 32.9 Å². The van der Waals surface area contributed by atoms with Crippen molar-refractivity contribution in [1.29, 1.82) is 0 Å². The quantitative estimate of drug-likeness (QED) is 0.717. The number of benzene rings is 1. The van der Waals surface area contributed by atoms with Crippen molar-refractivity contribution >= 4 is 22.8 Å². The van der Waals surface area contributed by atoms with Crippen LogP contribution >= 0.6 is 0 Å². The highest BCUT2D eigenvalue weighted by atomic mass is 16.1. The molecule has 0 radical (unpaired) electrons. The van der Waals surface area contributed by atoms with Gasteiger partial charge in [-0.15, -0.1) is 0 Å². The normalized spacial score (nSPS) is 11.2. The summed E-state index contributed by atoms with van der Waals surface area (Å²) in [5.74, 6) is 0.0687. The van der Waals surface area contributed by atoms with Crippen molar-refractivity contribution in [2.45, 2.75) is 6.92 Å². The van der Waals surface area contributed by atoms with Gasteiger partial charge in [0.2, 0.25) is 0 Å². The van der Waals surface area contributed by atoms with Gasteiger partial charge in [0.15, 0.2) is 5.78 Å². The molecule has 2 heteroatoms. The second-order valence-corrected chi connectivity index (χ2v) is 3.27. The smallest absolute Gasteiger partial charge is 0.152 e. The molecule has 0 fully saturated rings. The van der Waals surface area contributed by atoms with E-state index in [1.54, 1.807) is 13.0 Å². The van der Waals surface area contributed by atoms with Gasteiger partial charge in [0.25, 0.3) is 0 Å². The van der Waals surface area contributed by atoms with Gasteiger partial charge >= 0.3 is 0 Å². The number of carbonyl (C=O) groups excluding carboxylic acids is 1. The third-order valence-corrected chi connectivity index (χ3v) is 2.09. The van der Waals surface area contributed by atoms with Gasteiger partial charge in [0.1, 0.15) is 0 Å². The van der Waals surface area contributed by atoms with Crippen LogP contribution in [0.3, 0.4) is 0 Å². The first kappa shape index (κ1) is 8.75. The van der Waals surface area contributed by atoms with E-state index in [0.717, 1.165) is 16.5 Å². The minimum atomic E-state index is 0.0687. The first-order valence-electron chi connectivity index (χ1n) is 4.51. The molecule has 0 unspecified atom stereocenters. The van der Waals surface area contributed by atoms with Crippen molar-refractivity contribution in [2.24, 2.45) is 0 Å². The molecule has 0 spiro atoms. The van der Waals surface area contributed by atoms with Crippen LogP contribution < -0.4 is 0 Å². The molecule has 2 rings (SSSR count). The SMILES string of the molecule is CC(=O)C=Cc1ccc2[nH]ccc2c1. The number of hydrogen-bond donors (Lipinski definition) is 1. The monoisotopic (exact) mass is 185 g/mol. The number of rotatable bonds is 2. The van der Waals surface area contributed by atoms with Gasteiger partial charge in [-0.3, -0.25) is 4.79 Å². The Hall–Kier alpha value is -1.83. The first-order chi connectivity index (χ1) is 6.75. The third kappa shape index (κ3) is 1.74. The van der Waals surface area contributed by atoms with Crippen molar-refractivity contribution in [3.05, 3.63) is 42.1 Å². The van der Waals surface area contributed by atoms with Crippen LogP contribution in [0.25, 0.3) is 17.0 Å². The van der Waals surface area contributed by atoms with Crippen molar-refractivity contribution in [3.63, 3.8) is 0 Å². The van der Waals surface area contributed by atoms with Gasteiger partial charge in [-0.2, -0.15) is 0 Å². The van der Waals surface area contributed by atoms with Crippen LogP contribution in [0.4, 0.5) is 0 Å². The predicted octanol–water partition coefficient (Wildman–Crippen LogP) is 2.77. The minimum Gasteiger partial charge on any atom is -0.361 e. The molecule has 70 valence electrons. The summed E-state index contributed by atoms with van der Waals surface area (Å²) in [4.78, 5) is 13.9. The van der Waals surface area contributed by atoms with Crippen LogP contribution in [-0.2, 0) is 4.79 Å². The molecule has 1 N–H and O–H groups in total. The maximum Gasteiger partial charge on any atom is 0.152 e. The summed E-state index contributed by atoms with van der Waals surface area (Å²) in [7, 11) is 0. The predicted molar refractivity (Wildman–Crippen MR) is 58.0 cm³/mol. The number of hydrogen-bond acceptors (Lipinski definition) is 1. The zero-order valence-electron chi connectivity index (χ0n) is 7.95. The zero-order chi connectivity index (χ0) is 9.97. The molecule has 0 atom stereocenters. The van der Waals surface area contributed by atoms with E-state index < -0.39 is 0 Å². The lowest BCUT2D eigenvalue weighted by Crippen LogP contribution is -1.80. The Kier molecular flexibility index (Phi) is 2.19. The van der Waals surface area contributed by atoms with Gasteiger partial charge in [-0.05, 0) is 42.1 Å². The molecule has 2 aromatic rings. The van der Waals surface area contributed by atoms with E-state index in [-0.39, 0.29) is 5.78 Å². The Morgan fingerprint density at radius 3 is 3.00 bits per heavy atom. The third-order valence-electron chi connectivity index (χ3n) is 2.09. The van der Waals surface area contributed by atoms with E-state index in [9.17, 15) is 4.79 Å². The number of ketones is 1. The highest BCUT2D eigenvalue weighted by Crippen LogP contribution is 2.14. The molecule has 0 saturated carbocycles. The zero-order valence-corrected chi connectivity index (χ0v) is 7.95. The van der Waals surface area contributed by atoms with E-state index in [1.165, 1.54) is 0 Å². The van der Waals surface area contributed by atoms with Crippen molar-refractivity contribution in [1.82, 2.24) is 4.98 Å². The second-order valence-electron chi connectivity index (χ2n) is 3.27. The summed E-state index contributed by atoms with van der Waals surface area (Å²) < 4.78 is 0. The lowest BCUT2D eigenvalue weighted by Gasteiger charge is -1.93.